The average molecular weight is 603 g/mol. The van der Waals surface area contributed by atoms with Crippen molar-refractivity contribution in [2.24, 2.45) is 5.92 Å². The van der Waals surface area contributed by atoms with E-state index in [0.717, 1.165) is 17.8 Å². The monoisotopic (exact) mass is 602 g/mol. The minimum Gasteiger partial charge on any atom is -0.331 e. The topological polar surface area (TPSA) is 6.48 Å². The van der Waals surface area contributed by atoms with Crippen LogP contribution in [0.3, 0.4) is 0 Å². The van der Waals surface area contributed by atoms with Crippen LogP contribution >= 0.6 is 0 Å². The van der Waals surface area contributed by atoms with Crippen LogP contribution < -0.4 is 9.80 Å². The number of hydrogen-bond donors (Lipinski definition) is 0. The number of anilines is 5. The highest BCUT2D eigenvalue weighted by Gasteiger charge is 2.60. The third kappa shape index (κ3) is 4.64. The van der Waals surface area contributed by atoms with Gasteiger partial charge in [0.05, 0.1) is 11.2 Å². The fourth-order valence-corrected chi connectivity index (χ4v) is 7.65. The lowest BCUT2D eigenvalue weighted by molar-refractivity contribution is 0.658. The van der Waals surface area contributed by atoms with Crippen molar-refractivity contribution in [2.75, 3.05) is 9.80 Å². The normalized spacial score (nSPS) is 17.5. The molecule has 1 fully saturated rings. The molecule has 9 rings (SSSR count). The number of hydrogen-bond acceptors (Lipinski definition) is 2. The lowest BCUT2D eigenvalue weighted by Gasteiger charge is -2.37. The third-order valence-corrected chi connectivity index (χ3v) is 9.94. The van der Waals surface area contributed by atoms with Crippen molar-refractivity contribution in [3.63, 3.8) is 0 Å². The summed E-state index contributed by atoms with van der Waals surface area (Å²) in [5, 5.41) is 2.46. The van der Waals surface area contributed by atoms with Gasteiger partial charge in [-0.05, 0) is 88.7 Å². The maximum atomic E-state index is 2.58. The molecule has 7 aromatic rings. The maximum absolute atomic E-state index is 2.58. The summed E-state index contributed by atoms with van der Waals surface area (Å²) in [5.41, 5.74) is 11.0. The van der Waals surface area contributed by atoms with Gasteiger partial charge in [0.25, 0.3) is 0 Å². The quantitative estimate of drug-likeness (QED) is 0.179. The van der Waals surface area contributed by atoms with Crippen LogP contribution in [0.25, 0.3) is 28.0 Å². The van der Waals surface area contributed by atoms with Gasteiger partial charge in [-0.3, -0.25) is 0 Å². The van der Waals surface area contributed by atoms with Gasteiger partial charge >= 0.3 is 0 Å². The van der Waals surface area contributed by atoms with E-state index in [1.807, 2.05) is 0 Å². The molecule has 224 valence electrons. The standard InChI is InChI=1S/C45H34N2/c1-3-15-38(16-4-1)46(44-21-11-14-35-12-7-9-19-42(35)44)39-28-23-33(24-29-39)34-25-30-41(31-26-34)47(40-17-5-2-6-18-40)45-32-37(45)27-22-36-13-8-10-20-43(36)45/h1-31,37H,32H2. The highest BCUT2D eigenvalue weighted by Crippen LogP contribution is 2.63. The first-order valence-electron chi connectivity index (χ1n) is 16.5. The van der Waals surface area contributed by atoms with Gasteiger partial charge in [0.1, 0.15) is 0 Å². The highest BCUT2D eigenvalue weighted by molar-refractivity contribution is 5.99. The highest BCUT2D eigenvalue weighted by atomic mass is 15.3. The predicted octanol–water partition coefficient (Wildman–Crippen LogP) is 12.1. The summed E-state index contributed by atoms with van der Waals surface area (Å²) >= 11 is 0. The van der Waals surface area contributed by atoms with Crippen LogP contribution in [-0.4, -0.2) is 0 Å². The second kappa shape index (κ2) is 11.2. The van der Waals surface area contributed by atoms with E-state index in [1.54, 1.807) is 0 Å². The predicted molar refractivity (Wildman–Crippen MR) is 198 cm³/mol. The summed E-state index contributed by atoms with van der Waals surface area (Å²) < 4.78 is 0. The van der Waals surface area contributed by atoms with E-state index in [1.165, 1.54) is 50.1 Å². The molecular weight excluding hydrogens is 569 g/mol. The molecule has 0 radical (unpaired) electrons. The van der Waals surface area contributed by atoms with Gasteiger partial charge < -0.3 is 9.80 Å². The summed E-state index contributed by atoms with van der Waals surface area (Å²) in [6.07, 6.45) is 5.83. The zero-order chi connectivity index (χ0) is 31.2. The lowest BCUT2D eigenvalue weighted by atomic mass is 9.89. The second-order valence-electron chi connectivity index (χ2n) is 12.6. The van der Waals surface area contributed by atoms with Crippen LogP contribution in [0.5, 0.6) is 0 Å². The molecule has 0 saturated heterocycles. The average Bonchev–Trinajstić information content (AvgIpc) is 3.89. The van der Waals surface area contributed by atoms with Crippen molar-refractivity contribution in [1.82, 2.24) is 0 Å². The Morgan fingerprint density at radius 3 is 1.77 bits per heavy atom. The first-order chi connectivity index (χ1) is 23.3. The van der Waals surface area contributed by atoms with E-state index in [4.69, 9.17) is 0 Å². The fourth-order valence-electron chi connectivity index (χ4n) is 7.65. The van der Waals surface area contributed by atoms with Gasteiger partial charge in [-0.25, -0.2) is 0 Å². The first kappa shape index (κ1) is 27.5. The molecule has 0 bridgehead atoms. The minimum atomic E-state index is -0.0572. The van der Waals surface area contributed by atoms with Crippen molar-refractivity contribution in [3.05, 3.63) is 193 Å². The summed E-state index contributed by atoms with van der Waals surface area (Å²) in [4.78, 5) is 4.93. The zero-order valence-electron chi connectivity index (χ0n) is 26.1. The Morgan fingerprint density at radius 1 is 0.468 bits per heavy atom. The van der Waals surface area contributed by atoms with Gasteiger partial charge in [0.15, 0.2) is 0 Å². The molecule has 1 saturated carbocycles. The number of rotatable bonds is 7. The van der Waals surface area contributed by atoms with Crippen molar-refractivity contribution >= 4 is 45.3 Å². The molecule has 2 atom stereocenters. The first-order valence-corrected chi connectivity index (χ1v) is 16.5. The van der Waals surface area contributed by atoms with E-state index in [-0.39, 0.29) is 5.54 Å². The van der Waals surface area contributed by atoms with Crippen molar-refractivity contribution in [1.29, 1.82) is 0 Å². The molecule has 0 N–H and O–H groups in total. The number of para-hydroxylation sites is 2. The summed E-state index contributed by atoms with van der Waals surface area (Å²) in [5.74, 6) is 0.499. The lowest BCUT2D eigenvalue weighted by Crippen LogP contribution is -2.34. The summed E-state index contributed by atoms with van der Waals surface area (Å²) in [6.45, 7) is 0. The van der Waals surface area contributed by atoms with E-state index in [9.17, 15) is 0 Å². The van der Waals surface area contributed by atoms with E-state index < -0.39 is 0 Å². The fraction of sp³-hybridized carbons (Fsp3) is 0.0667. The van der Waals surface area contributed by atoms with Crippen LogP contribution in [-0.2, 0) is 5.54 Å². The molecule has 0 heterocycles. The molecule has 7 aromatic carbocycles. The van der Waals surface area contributed by atoms with Crippen molar-refractivity contribution in [3.8, 4) is 11.1 Å². The Kier molecular flexibility index (Phi) is 6.53. The number of fused-ring (bicyclic) bond motifs is 4. The SMILES string of the molecule is C1=CC2CC2(N(c2ccccc2)c2ccc(-c3ccc(N(c4ccccc4)c4cccc5ccccc45)cc3)cc2)c2ccccc21. The summed E-state index contributed by atoms with van der Waals surface area (Å²) in [6, 6.07) is 63.7. The van der Waals surface area contributed by atoms with Gasteiger partial charge in [0, 0.05) is 34.1 Å². The summed E-state index contributed by atoms with van der Waals surface area (Å²) in [7, 11) is 0. The minimum absolute atomic E-state index is 0.0572. The molecule has 0 aliphatic heterocycles. The van der Waals surface area contributed by atoms with Crippen LogP contribution in [0.4, 0.5) is 28.4 Å². The van der Waals surface area contributed by atoms with Crippen LogP contribution in [0.15, 0.2) is 182 Å². The van der Waals surface area contributed by atoms with Crippen molar-refractivity contribution < 1.29 is 0 Å². The molecule has 0 spiro atoms. The molecule has 0 aromatic heterocycles. The molecule has 2 unspecified atom stereocenters. The molecule has 2 aliphatic rings. The van der Waals surface area contributed by atoms with E-state index in [0.29, 0.717) is 5.92 Å². The van der Waals surface area contributed by atoms with Gasteiger partial charge in [-0.15, -0.1) is 0 Å². The number of benzene rings is 7. The number of nitrogens with zero attached hydrogens (tertiary/aromatic N) is 2. The molecular formula is C45H34N2. The van der Waals surface area contributed by atoms with Gasteiger partial charge in [-0.1, -0.05) is 133 Å². The Morgan fingerprint density at radius 2 is 1.02 bits per heavy atom. The maximum Gasteiger partial charge on any atom is 0.0778 e. The van der Waals surface area contributed by atoms with Crippen LogP contribution in [0.1, 0.15) is 17.5 Å². The zero-order valence-corrected chi connectivity index (χ0v) is 26.1. The molecule has 0 amide bonds. The molecule has 47 heavy (non-hydrogen) atoms. The third-order valence-electron chi connectivity index (χ3n) is 9.94. The Balaban J connectivity index is 1.07. The molecule has 2 heteroatoms. The van der Waals surface area contributed by atoms with E-state index >= 15 is 0 Å². The van der Waals surface area contributed by atoms with Gasteiger partial charge in [-0.2, -0.15) is 0 Å². The molecule has 2 aliphatic carbocycles. The second-order valence-corrected chi connectivity index (χ2v) is 12.6. The van der Waals surface area contributed by atoms with Gasteiger partial charge in [0.2, 0.25) is 0 Å². The largest absolute Gasteiger partial charge is 0.331 e. The van der Waals surface area contributed by atoms with Crippen molar-refractivity contribution in [2.45, 2.75) is 12.0 Å². The Hall–Kier alpha value is -5.86. The van der Waals surface area contributed by atoms with Crippen LogP contribution in [0, 0.1) is 5.92 Å². The molecule has 2 nitrogen and oxygen atoms in total. The van der Waals surface area contributed by atoms with Crippen LogP contribution in [0.2, 0.25) is 0 Å². The Labute approximate surface area is 276 Å². The Bertz CT molecular complexity index is 2210. The smallest absolute Gasteiger partial charge is 0.0778 e. The van der Waals surface area contributed by atoms with E-state index in [2.05, 4.69) is 198 Å².